The van der Waals surface area contributed by atoms with E-state index in [9.17, 15) is 43.7 Å². The van der Waals surface area contributed by atoms with E-state index >= 15 is 0 Å². The molecule has 0 aromatic rings. The SMILES string of the molecule is O=P(O)(CO)OC1[C@@H](OP(=O)(O)CO)[C@H](O)C(O)[C@H](O)[C@@H]1OP(=O)(O)CO. The van der Waals surface area contributed by atoms with E-state index < -0.39 is 78.5 Å². The summed E-state index contributed by atoms with van der Waals surface area (Å²) in [6.45, 7) is 0. The molecule has 0 amide bonds. The van der Waals surface area contributed by atoms with Gasteiger partial charge in [-0.3, -0.25) is 27.3 Å². The maximum Gasteiger partial charge on any atom is 0.353 e. The average Bonchev–Trinajstić information content (AvgIpc) is 2.60. The summed E-state index contributed by atoms with van der Waals surface area (Å²) in [5, 5.41) is 56.3. The monoisotopic (exact) mass is 462 g/mol. The average molecular weight is 462 g/mol. The number of rotatable bonds is 9. The van der Waals surface area contributed by atoms with E-state index in [0.29, 0.717) is 0 Å². The van der Waals surface area contributed by atoms with Crippen LogP contribution in [0, 0.1) is 0 Å². The third-order valence-electron chi connectivity index (χ3n) is 3.42. The molecule has 0 aromatic heterocycles. The molecule has 1 aliphatic carbocycles. The van der Waals surface area contributed by atoms with Gasteiger partial charge < -0.3 is 45.3 Å². The van der Waals surface area contributed by atoms with Gasteiger partial charge in [-0.1, -0.05) is 0 Å². The van der Waals surface area contributed by atoms with Crippen LogP contribution in [0.15, 0.2) is 0 Å². The second-order valence-corrected chi connectivity index (χ2v) is 10.8. The van der Waals surface area contributed by atoms with E-state index in [-0.39, 0.29) is 0 Å². The lowest BCUT2D eigenvalue weighted by Crippen LogP contribution is -2.65. The first-order valence-corrected chi connectivity index (χ1v) is 12.4. The Bertz CT molecular complexity index is 600. The smallest absolute Gasteiger partial charge is 0.353 e. The van der Waals surface area contributed by atoms with E-state index in [4.69, 9.17) is 15.3 Å². The molecule has 0 saturated heterocycles. The van der Waals surface area contributed by atoms with Crippen LogP contribution in [0.5, 0.6) is 0 Å². The molecular formula is C9H21O15P3. The number of hydrogen-bond donors (Lipinski definition) is 9. The third kappa shape index (κ3) is 6.61. The Morgan fingerprint density at radius 3 is 1.07 bits per heavy atom. The van der Waals surface area contributed by atoms with Gasteiger partial charge in [-0.2, -0.15) is 0 Å². The molecule has 9 atom stereocenters. The van der Waals surface area contributed by atoms with Crippen molar-refractivity contribution in [1.82, 2.24) is 0 Å². The summed E-state index contributed by atoms with van der Waals surface area (Å²) >= 11 is 0. The Kier molecular flexibility index (Phi) is 8.74. The van der Waals surface area contributed by atoms with Crippen molar-refractivity contribution in [2.45, 2.75) is 36.6 Å². The molecule has 1 saturated carbocycles. The number of aliphatic hydroxyl groups excluding tert-OH is 6. The highest BCUT2D eigenvalue weighted by Crippen LogP contribution is 2.52. The molecule has 0 aliphatic heterocycles. The van der Waals surface area contributed by atoms with Gasteiger partial charge in [-0.15, -0.1) is 0 Å². The van der Waals surface area contributed by atoms with Crippen LogP contribution in [0.1, 0.15) is 0 Å². The van der Waals surface area contributed by atoms with Crippen molar-refractivity contribution in [3.05, 3.63) is 0 Å². The zero-order valence-corrected chi connectivity index (χ0v) is 16.1. The molecule has 5 unspecified atom stereocenters. The summed E-state index contributed by atoms with van der Waals surface area (Å²) in [6.07, 6.45) is -18.0. The fourth-order valence-electron chi connectivity index (χ4n) is 2.20. The minimum Gasteiger partial charge on any atom is -0.387 e. The van der Waals surface area contributed by atoms with Gasteiger partial charge in [0.2, 0.25) is 0 Å². The van der Waals surface area contributed by atoms with Crippen molar-refractivity contribution in [2.24, 2.45) is 0 Å². The van der Waals surface area contributed by atoms with Gasteiger partial charge in [-0.25, -0.2) is 0 Å². The van der Waals surface area contributed by atoms with Crippen molar-refractivity contribution >= 4 is 22.8 Å². The standard InChI is InChI=1S/C9H21O15P3/c10-1-25(16,17)22-7-5(14)4(13)6(15)8(23-26(18,19)2-11)9(7)24-27(20,21)3-12/h4-15H,1-3H2,(H,16,17)(H,18,19)(H,20,21)/t4?,5-,6+,7-,8-,9?/m0/s1. The minimum absolute atomic E-state index is 1.49. The Labute approximate surface area is 152 Å². The lowest BCUT2D eigenvalue weighted by Gasteiger charge is -2.45. The maximum atomic E-state index is 11.7. The minimum atomic E-state index is -4.91. The molecule has 1 aliphatic rings. The highest BCUT2D eigenvalue weighted by Gasteiger charge is 2.56. The van der Waals surface area contributed by atoms with Gasteiger partial charge in [0.1, 0.15) is 55.7 Å². The highest BCUT2D eigenvalue weighted by atomic mass is 31.2. The predicted molar refractivity (Wildman–Crippen MR) is 83.4 cm³/mol. The quantitative estimate of drug-likeness (QED) is 0.152. The first kappa shape index (κ1) is 25.2. The number of hydrogen-bond acceptors (Lipinski definition) is 12. The third-order valence-corrected chi connectivity index (χ3v) is 6.21. The second-order valence-electron chi connectivity index (χ2n) is 5.52. The molecule has 9 N–H and O–H groups in total. The first-order chi connectivity index (χ1) is 12.2. The van der Waals surface area contributed by atoms with E-state index in [1.54, 1.807) is 0 Å². The molecule has 27 heavy (non-hydrogen) atoms. The van der Waals surface area contributed by atoms with Crippen LogP contribution >= 0.6 is 22.8 Å². The Hall–Kier alpha value is 0.210. The lowest BCUT2D eigenvalue weighted by atomic mass is 9.85. The molecular weight excluding hydrogens is 441 g/mol. The van der Waals surface area contributed by atoms with Gasteiger partial charge in [0.25, 0.3) is 0 Å². The Morgan fingerprint density at radius 1 is 0.556 bits per heavy atom. The summed E-state index contributed by atoms with van der Waals surface area (Å²) in [5.74, 6) is 0. The predicted octanol–water partition coefficient (Wildman–Crippen LogP) is -3.36. The molecule has 162 valence electrons. The summed E-state index contributed by atoms with van der Waals surface area (Å²) in [5.41, 5.74) is 0. The fraction of sp³-hybridized carbons (Fsp3) is 1.00. The first-order valence-electron chi connectivity index (χ1n) is 7.07. The van der Waals surface area contributed by atoms with Crippen molar-refractivity contribution in [1.29, 1.82) is 0 Å². The van der Waals surface area contributed by atoms with Gasteiger partial charge in [0.05, 0.1) is 0 Å². The van der Waals surface area contributed by atoms with Crippen LogP contribution in [0.4, 0.5) is 0 Å². The molecule has 0 spiro atoms. The molecule has 0 aromatic carbocycles. The molecule has 0 heterocycles. The molecule has 15 nitrogen and oxygen atoms in total. The molecule has 0 bridgehead atoms. The van der Waals surface area contributed by atoms with Gasteiger partial charge >= 0.3 is 22.8 Å². The summed E-state index contributed by atoms with van der Waals surface area (Å²) in [4.78, 5) is 28.2. The lowest BCUT2D eigenvalue weighted by molar-refractivity contribution is -0.208. The number of aliphatic hydroxyl groups is 6. The van der Waals surface area contributed by atoms with Crippen molar-refractivity contribution in [3.8, 4) is 0 Å². The normalized spacial score (nSPS) is 38.6. The Balaban J connectivity index is 3.39. The van der Waals surface area contributed by atoms with E-state index in [0.717, 1.165) is 0 Å². The molecule has 0 radical (unpaired) electrons. The van der Waals surface area contributed by atoms with Crippen LogP contribution in [0.2, 0.25) is 0 Å². The summed E-state index contributed by atoms with van der Waals surface area (Å²) in [7, 11) is -14.7. The second kappa shape index (κ2) is 9.35. The van der Waals surface area contributed by atoms with Crippen LogP contribution in [0.3, 0.4) is 0 Å². The van der Waals surface area contributed by atoms with Gasteiger partial charge in [0.15, 0.2) is 0 Å². The topological polar surface area (TPSA) is 261 Å². The van der Waals surface area contributed by atoms with Gasteiger partial charge in [0, 0.05) is 0 Å². The van der Waals surface area contributed by atoms with Crippen LogP contribution < -0.4 is 0 Å². The largest absolute Gasteiger partial charge is 0.387 e. The van der Waals surface area contributed by atoms with E-state index in [2.05, 4.69) is 13.6 Å². The zero-order chi connectivity index (χ0) is 21.2. The molecule has 18 heteroatoms. The summed E-state index contributed by atoms with van der Waals surface area (Å²) < 4.78 is 48.6. The Morgan fingerprint density at radius 2 is 0.815 bits per heavy atom. The zero-order valence-electron chi connectivity index (χ0n) is 13.4. The van der Waals surface area contributed by atoms with Crippen molar-refractivity contribution in [3.63, 3.8) is 0 Å². The maximum absolute atomic E-state index is 11.7. The summed E-state index contributed by atoms with van der Waals surface area (Å²) in [6, 6.07) is 0. The molecule has 1 fully saturated rings. The molecule has 1 rings (SSSR count). The fourth-order valence-corrected chi connectivity index (χ4v) is 4.27. The van der Waals surface area contributed by atoms with Crippen molar-refractivity contribution in [2.75, 3.05) is 19.0 Å². The van der Waals surface area contributed by atoms with Crippen LogP contribution in [-0.2, 0) is 27.3 Å². The van der Waals surface area contributed by atoms with E-state index in [1.165, 1.54) is 0 Å². The van der Waals surface area contributed by atoms with Crippen LogP contribution in [-0.4, -0.2) is 101 Å². The van der Waals surface area contributed by atoms with Crippen LogP contribution in [0.25, 0.3) is 0 Å². The van der Waals surface area contributed by atoms with Crippen molar-refractivity contribution < 1.29 is 72.6 Å². The van der Waals surface area contributed by atoms with E-state index in [1.807, 2.05) is 0 Å². The highest BCUT2D eigenvalue weighted by molar-refractivity contribution is 7.53. The van der Waals surface area contributed by atoms with Gasteiger partial charge in [-0.05, 0) is 0 Å².